The van der Waals surface area contributed by atoms with Gasteiger partial charge in [0, 0.05) is 12.2 Å². The first kappa shape index (κ1) is 16.0. The summed E-state index contributed by atoms with van der Waals surface area (Å²) in [5, 5.41) is 5.87. The molecule has 0 aliphatic heterocycles. The highest BCUT2D eigenvalue weighted by Crippen LogP contribution is 2.18. The van der Waals surface area contributed by atoms with Crippen LogP contribution in [0.25, 0.3) is 0 Å². The molecule has 0 saturated carbocycles. The molecule has 1 rings (SSSR count). The molecule has 0 bridgehead atoms. The van der Waals surface area contributed by atoms with Crippen LogP contribution >= 0.6 is 0 Å². The predicted molar refractivity (Wildman–Crippen MR) is 80.7 cm³/mol. The minimum Gasteiger partial charge on any atom is -0.384 e. The number of benzene rings is 1. The first-order valence-corrected chi connectivity index (χ1v) is 6.75. The Morgan fingerprint density at radius 3 is 2.50 bits per heavy atom. The molecule has 4 N–H and O–H groups in total. The number of primary amides is 1. The van der Waals surface area contributed by atoms with Crippen LogP contribution < -0.4 is 16.4 Å². The third kappa shape index (κ3) is 3.98. The van der Waals surface area contributed by atoms with Crippen LogP contribution in [0.1, 0.15) is 43.1 Å². The van der Waals surface area contributed by atoms with Gasteiger partial charge in [-0.2, -0.15) is 0 Å². The first-order valence-electron chi connectivity index (χ1n) is 6.75. The fraction of sp³-hybridized carbons (Fsp3) is 0.467. The van der Waals surface area contributed by atoms with Crippen molar-refractivity contribution in [3.05, 3.63) is 29.3 Å². The van der Waals surface area contributed by atoms with Gasteiger partial charge in [0.1, 0.15) is 5.54 Å². The van der Waals surface area contributed by atoms with Crippen LogP contribution in [0.15, 0.2) is 18.2 Å². The van der Waals surface area contributed by atoms with Crippen molar-refractivity contribution in [3.63, 3.8) is 0 Å². The van der Waals surface area contributed by atoms with Gasteiger partial charge in [0.15, 0.2) is 0 Å². The van der Waals surface area contributed by atoms with Crippen LogP contribution in [-0.2, 0) is 4.79 Å². The van der Waals surface area contributed by atoms with Gasteiger partial charge in [0.2, 0.25) is 5.91 Å². The second-order valence-electron chi connectivity index (χ2n) is 5.42. The van der Waals surface area contributed by atoms with Gasteiger partial charge in [-0.3, -0.25) is 9.59 Å². The lowest BCUT2D eigenvalue weighted by atomic mass is 10.0. The Kier molecular flexibility index (Phi) is 5.13. The Bertz CT molecular complexity index is 510. The van der Waals surface area contributed by atoms with Gasteiger partial charge in [-0.25, -0.2) is 0 Å². The third-order valence-electron chi connectivity index (χ3n) is 3.03. The number of carbonyl (C=O) groups excluding carboxylic acids is 2. The molecule has 110 valence electrons. The summed E-state index contributed by atoms with van der Waals surface area (Å²) in [5.74, 6) is -0.877. The fourth-order valence-corrected chi connectivity index (χ4v) is 1.67. The number of amides is 2. The van der Waals surface area contributed by atoms with Crippen LogP contribution in [-0.4, -0.2) is 23.9 Å². The lowest BCUT2D eigenvalue weighted by molar-refractivity contribution is -0.122. The minimum atomic E-state index is -1.08. The Labute approximate surface area is 119 Å². The van der Waals surface area contributed by atoms with Gasteiger partial charge in [-0.05, 0) is 39.3 Å². The molecule has 0 aliphatic rings. The summed E-state index contributed by atoms with van der Waals surface area (Å²) < 4.78 is 0. The molecule has 5 nitrogen and oxygen atoms in total. The summed E-state index contributed by atoms with van der Waals surface area (Å²) in [6, 6.07) is 5.61. The topological polar surface area (TPSA) is 84.2 Å². The van der Waals surface area contributed by atoms with Crippen molar-refractivity contribution in [2.75, 3.05) is 11.9 Å². The van der Waals surface area contributed by atoms with Gasteiger partial charge < -0.3 is 16.4 Å². The molecule has 0 spiro atoms. The molecular weight excluding hydrogens is 254 g/mol. The second-order valence-corrected chi connectivity index (χ2v) is 5.42. The number of hydrogen-bond acceptors (Lipinski definition) is 3. The quantitative estimate of drug-likeness (QED) is 0.741. The Morgan fingerprint density at radius 2 is 1.95 bits per heavy atom. The van der Waals surface area contributed by atoms with Crippen molar-refractivity contribution in [3.8, 4) is 0 Å². The highest BCUT2D eigenvalue weighted by molar-refractivity contribution is 6.02. The van der Waals surface area contributed by atoms with Gasteiger partial charge >= 0.3 is 0 Å². The second kappa shape index (κ2) is 6.41. The molecule has 2 amide bonds. The average Bonchev–Trinajstić information content (AvgIpc) is 2.36. The predicted octanol–water partition coefficient (Wildman–Crippen LogP) is 1.81. The van der Waals surface area contributed by atoms with E-state index in [0.29, 0.717) is 5.56 Å². The van der Waals surface area contributed by atoms with E-state index in [2.05, 4.69) is 17.6 Å². The summed E-state index contributed by atoms with van der Waals surface area (Å²) in [6.07, 6.45) is 0.960. The van der Waals surface area contributed by atoms with E-state index in [1.807, 2.05) is 19.1 Å². The van der Waals surface area contributed by atoms with Gasteiger partial charge in [0.25, 0.3) is 5.91 Å². The third-order valence-corrected chi connectivity index (χ3v) is 3.03. The zero-order valence-electron chi connectivity index (χ0n) is 12.5. The maximum Gasteiger partial charge on any atom is 0.254 e. The maximum atomic E-state index is 12.3. The number of anilines is 1. The van der Waals surface area contributed by atoms with E-state index in [9.17, 15) is 9.59 Å². The molecule has 5 heteroatoms. The van der Waals surface area contributed by atoms with Crippen LogP contribution in [0, 0.1) is 6.92 Å². The monoisotopic (exact) mass is 277 g/mol. The Hall–Kier alpha value is -2.04. The van der Waals surface area contributed by atoms with Crippen LogP contribution in [0.3, 0.4) is 0 Å². The summed E-state index contributed by atoms with van der Waals surface area (Å²) in [4.78, 5) is 23.6. The lowest BCUT2D eigenvalue weighted by Crippen LogP contribution is -2.53. The number of nitrogens with two attached hydrogens (primary N) is 1. The smallest absolute Gasteiger partial charge is 0.254 e. The molecule has 0 atom stereocenters. The van der Waals surface area contributed by atoms with Crippen molar-refractivity contribution in [2.24, 2.45) is 5.73 Å². The molecular formula is C15H23N3O2. The molecule has 0 heterocycles. The standard InChI is InChI=1S/C15H23N3O2/c1-5-8-17-12-7-6-10(2)9-11(12)13(19)18-15(3,4)14(16)20/h6-7,9,17H,5,8H2,1-4H3,(H2,16,20)(H,18,19). The molecule has 0 aromatic heterocycles. The van der Waals surface area contributed by atoms with Crippen LogP contribution in [0.2, 0.25) is 0 Å². The van der Waals surface area contributed by atoms with Crippen molar-refractivity contribution in [1.29, 1.82) is 0 Å². The number of aryl methyl sites for hydroxylation is 1. The molecule has 0 unspecified atom stereocenters. The summed E-state index contributed by atoms with van der Waals surface area (Å²) in [7, 11) is 0. The van der Waals surface area contributed by atoms with E-state index < -0.39 is 11.4 Å². The normalized spacial score (nSPS) is 11.0. The van der Waals surface area contributed by atoms with Crippen molar-refractivity contribution >= 4 is 17.5 Å². The summed E-state index contributed by atoms with van der Waals surface area (Å²) in [6.45, 7) is 7.92. The average molecular weight is 277 g/mol. The van der Waals surface area contributed by atoms with Gasteiger partial charge in [0.05, 0.1) is 5.56 Å². The molecule has 1 aromatic rings. The molecule has 0 aliphatic carbocycles. The van der Waals surface area contributed by atoms with Crippen molar-refractivity contribution < 1.29 is 9.59 Å². The minimum absolute atomic E-state index is 0.309. The molecule has 20 heavy (non-hydrogen) atoms. The van der Waals surface area contributed by atoms with E-state index >= 15 is 0 Å². The number of carbonyl (C=O) groups is 2. The highest BCUT2D eigenvalue weighted by atomic mass is 16.2. The number of nitrogens with one attached hydrogen (secondary N) is 2. The van der Waals surface area contributed by atoms with Crippen molar-refractivity contribution in [2.45, 2.75) is 39.7 Å². The summed E-state index contributed by atoms with van der Waals surface area (Å²) in [5.41, 5.74) is 6.46. The van der Waals surface area contributed by atoms with Crippen molar-refractivity contribution in [1.82, 2.24) is 5.32 Å². The largest absolute Gasteiger partial charge is 0.384 e. The van der Waals surface area contributed by atoms with E-state index in [-0.39, 0.29) is 5.91 Å². The van der Waals surface area contributed by atoms with E-state index in [1.165, 1.54) is 0 Å². The Morgan fingerprint density at radius 1 is 1.30 bits per heavy atom. The molecule has 0 fully saturated rings. The van der Waals surface area contributed by atoms with Crippen LogP contribution in [0.5, 0.6) is 0 Å². The fourth-order valence-electron chi connectivity index (χ4n) is 1.67. The Balaban J connectivity index is 3.02. The summed E-state index contributed by atoms with van der Waals surface area (Å²) >= 11 is 0. The molecule has 0 radical (unpaired) electrons. The molecule has 0 saturated heterocycles. The highest BCUT2D eigenvalue weighted by Gasteiger charge is 2.28. The zero-order chi connectivity index (χ0) is 15.3. The van der Waals surface area contributed by atoms with Crippen LogP contribution in [0.4, 0.5) is 5.69 Å². The van der Waals surface area contributed by atoms with E-state index in [4.69, 9.17) is 5.73 Å². The van der Waals surface area contributed by atoms with Gasteiger partial charge in [-0.1, -0.05) is 18.6 Å². The molecule has 1 aromatic carbocycles. The van der Waals surface area contributed by atoms with E-state index in [1.54, 1.807) is 19.9 Å². The van der Waals surface area contributed by atoms with E-state index in [0.717, 1.165) is 24.2 Å². The number of rotatable bonds is 6. The first-order chi connectivity index (χ1) is 9.27. The maximum absolute atomic E-state index is 12.3. The SMILES string of the molecule is CCCNc1ccc(C)cc1C(=O)NC(C)(C)C(N)=O. The number of hydrogen-bond donors (Lipinski definition) is 3. The lowest BCUT2D eigenvalue weighted by Gasteiger charge is -2.23. The zero-order valence-corrected chi connectivity index (χ0v) is 12.5. The van der Waals surface area contributed by atoms with Gasteiger partial charge in [-0.15, -0.1) is 0 Å².